The van der Waals surface area contributed by atoms with Crippen LogP contribution in [0.25, 0.3) is 0 Å². The predicted molar refractivity (Wildman–Crippen MR) is 56.6 cm³/mol. The lowest BCUT2D eigenvalue weighted by Gasteiger charge is -1.92. The zero-order valence-electron chi connectivity index (χ0n) is 8.43. The van der Waals surface area contributed by atoms with Crippen molar-refractivity contribution in [3.05, 3.63) is 23.9 Å². The van der Waals surface area contributed by atoms with Gasteiger partial charge < -0.3 is 0 Å². The minimum absolute atomic E-state index is 1.13. The lowest BCUT2D eigenvalue weighted by atomic mass is 10.2. The Morgan fingerprint density at radius 1 is 1.33 bits per heavy atom. The standard InChI is InChI=1S/C9H13N.C2H6/c1-3-8-6-5-7-9(8)10-4-2;1-2/h3-4H,1,5-7H2,2H3;1-2H3. The Kier molecular flexibility index (Phi) is 6.35. The van der Waals surface area contributed by atoms with E-state index >= 15 is 0 Å². The fourth-order valence-corrected chi connectivity index (χ4v) is 1.27. The molecule has 1 aliphatic carbocycles. The Morgan fingerprint density at radius 3 is 2.50 bits per heavy atom. The molecule has 68 valence electrons. The van der Waals surface area contributed by atoms with Crippen LogP contribution in [0.2, 0.25) is 0 Å². The number of hydrogen-bond donors (Lipinski definition) is 0. The average molecular weight is 165 g/mol. The summed E-state index contributed by atoms with van der Waals surface area (Å²) in [6, 6.07) is 0. The first-order valence-corrected chi connectivity index (χ1v) is 4.71. The molecular formula is C11H19N. The highest BCUT2D eigenvalue weighted by Gasteiger charge is 2.09. The molecule has 0 unspecified atom stereocenters. The van der Waals surface area contributed by atoms with E-state index in [1.807, 2.05) is 33.1 Å². The number of aliphatic imine (C=N–C) groups is 1. The largest absolute Gasteiger partial charge is 0.266 e. The summed E-state index contributed by atoms with van der Waals surface area (Å²) in [6.07, 6.45) is 7.31. The molecule has 1 aliphatic rings. The maximum Gasteiger partial charge on any atom is 0.0431 e. The molecule has 0 spiro atoms. The van der Waals surface area contributed by atoms with E-state index < -0.39 is 0 Å². The second kappa shape index (κ2) is 6.84. The van der Waals surface area contributed by atoms with Crippen LogP contribution in [0, 0.1) is 0 Å². The van der Waals surface area contributed by atoms with Crippen LogP contribution >= 0.6 is 0 Å². The topological polar surface area (TPSA) is 12.4 Å². The maximum absolute atomic E-state index is 4.26. The number of nitrogens with zero attached hydrogens (tertiary/aromatic N) is 1. The van der Waals surface area contributed by atoms with Crippen molar-refractivity contribution in [2.75, 3.05) is 0 Å². The third-order valence-corrected chi connectivity index (χ3v) is 1.76. The van der Waals surface area contributed by atoms with E-state index in [4.69, 9.17) is 0 Å². The monoisotopic (exact) mass is 165 g/mol. The normalized spacial score (nSPS) is 16.2. The van der Waals surface area contributed by atoms with Crippen LogP contribution in [0.1, 0.15) is 40.0 Å². The van der Waals surface area contributed by atoms with Crippen LogP contribution in [-0.4, -0.2) is 6.21 Å². The summed E-state index contributed by atoms with van der Waals surface area (Å²) < 4.78 is 0. The van der Waals surface area contributed by atoms with E-state index in [0.29, 0.717) is 0 Å². The molecular weight excluding hydrogens is 146 g/mol. The lowest BCUT2D eigenvalue weighted by Crippen LogP contribution is -1.75. The van der Waals surface area contributed by atoms with E-state index in [1.165, 1.54) is 17.7 Å². The summed E-state index contributed by atoms with van der Waals surface area (Å²) in [6.45, 7) is 9.69. The molecule has 0 aromatic rings. The van der Waals surface area contributed by atoms with Gasteiger partial charge in [-0.15, -0.1) is 0 Å². The van der Waals surface area contributed by atoms with Gasteiger partial charge in [-0.05, 0) is 31.8 Å². The van der Waals surface area contributed by atoms with Crippen molar-refractivity contribution in [3.8, 4) is 0 Å². The molecule has 1 nitrogen and oxygen atoms in total. The highest BCUT2D eigenvalue weighted by Crippen LogP contribution is 2.26. The molecule has 0 saturated carbocycles. The SMILES string of the molecule is C=CC1=C(N=CC)CCC1.CC. The van der Waals surface area contributed by atoms with Crippen LogP contribution in [-0.2, 0) is 0 Å². The second-order valence-electron chi connectivity index (χ2n) is 2.42. The zero-order chi connectivity index (χ0) is 9.40. The summed E-state index contributed by atoms with van der Waals surface area (Å²) in [5.74, 6) is 0. The van der Waals surface area contributed by atoms with Crippen molar-refractivity contribution in [2.24, 2.45) is 4.99 Å². The molecule has 1 rings (SSSR count). The van der Waals surface area contributed by atoms with E-state index in [1.54, 1.807) is 0 Å². The summed E-state index contributed by atoms with van der Waals surface area (Å²) in [5, 5.41) is 0. The Balaban J connectivity index is 0.000000561. The molecule has 0 bridgehead atoms. The Labute approximate surface area is 75.9 Å². The van der Waals surface area contributed by atoms with E-state index in [-0.39, 0.29) is 0 Å². The van der Waals surface area contributed by atoms with Crippen molar-refractivity contribution >= 4 is 6.21 Å². The highest BCUT2D eigenvalue weighted by atomic mass is 14.7. The highest BCUT2D eigenvalue weighted by molar-refractivity contribution is 5.56. The number of allylic oxidation sites excluding steroid dienone is 3. The first kappa shape index (κ1) is 11.2. The first-order chi connectivity index (χ1) is 5.88. The molecule has 0 heterocycles. The fourth-order valence-electron chi connectivity index (χ4n) is 1.27. The molecule has 0 radical (unpaired) electrons. The Morgan fingerprint density at radius 2 is 2.00 bits per heavy atom. The van der Waals surface area contributed by atoms with Crippen LogP contribution in [0.3, 0.4) is 0 Å². The van der Waals surface area contributed by atoms with Crippen molar-refractivity contribution in [3.63, 3.8) is 0 Å². The van der Waals surface area contributed by atoms with Gasteiger partial charge >= 0.3 is 0 Å². The molecule has 0 aromatic heterocycles. The third kappa shape index (κ3) is 3.04. The lowest BCUT2D eigenvalue weighted by molar-refractivity contribution is 0.894. The molecule has 0 N–H and O–H groups in total. The predicted octanol–water partition coefficient (Wildman–Crippen LogP) is 3.73. The van der Waals surface area contributed by atoms with Gasteiger partial charge in [0.2, 0.25) is 0 Å². The second-order valence-corrected chi connectivity index (χ2v) is 2.42. The Bertz CT molecular complexity index is 187. The van der Waals surface area contributed by atoms with Crippen LogP contribution in [0.15, 0.2) is 28.9 Å². The molecule has 1 heteroatoms. The van der Waals surface area contributed by atoms with Crippen LogP contribution in [0.5, 0.6) is 0 Å². The minimum Gasteiger partial charge on any atom is -0.266 e. The van der Waals surface area contributed by atoms with Gasteiger partial charge in [0.15, 0.2) is 0 Å². The quantitative estimate of drug-likeness (QED) is 0.553. The number of hydrogen-bond acceptors (Lipinski definition) is 1. The van der Waals surface area contributed by atoms with E-state index in [9.17, 15) is 0 Å². The van der Waals surface area contributed by atoms with Gasteiger partial charge in [-0.2, -0.15) is 0 Å². The third-order valence-electron chi connectivity index (χ3n) is 1.76. The fraction of sp³-hybridized carbons (Fsp3) is 0.545. The molecule has 0 aromatic carbocycles. The van der Waals surface area contributed by atoms with Crippen molar-refractivity contribution in [1.29, 1.82) is 0 Å². The average Bonchev–Trinajstić information content (AvgIpc) is 2.56. The van der Waals surface area contributed by atoms with Gasteiger partial charge in [0, 0.05) is 11.9 Å². The van der Waals surface area contributed by atoms with E-state index in [0.717, 1.165) is 12.8 Å². The summed E-state index contributed by atoms with van der Waals surface area (Å²) in [4.78, 5) is 4.26. The maximum atomic E-state index is 4.26. The van der Waals surface area contributed by atoms with Gasteiger partial charge in [0.25, 0.3) is 0 Å². The Hall–Kier alpha value is -0.850. The summed E-state index contributed by atoms with van der Waals surface area (Å²) in [7, 11) is 0. The molecule has 0 amide bonds. The zero-order valence-corrected chi connectivity index (χ0v) is 8.43. The summed E-state index contributed by atoms with van der Waals surface area (Å²) in [5.41, 5.74) is 2.57. The molecule has 12 heavy (non-hydrogen) atoms. The van der Waals surface area contributed by atoms with Crippen LogP contribution < -0.4 is 0 Å². The van der Waals surface area contributed by atoms with E-state index in [2.05, 4.69) is 11.6 Å². The van der Waals surface area contributed by atoms with Crippen molar-refractivity contribution in [2.45, 2.75) is 40.0 Å². The molecule has 0 saturated heterocycles. The van der Waals surface area contributed by atoms with Gasteiger partial charge in [-0.1, -0.05) is 26.5 Å². The molecule has 0 atom stereocenters. The van der Waals surface area contributed by atoms with Crippen molar-refractivity contribution < 1.29 is 0 Å². The van der Waals surface area contributed by atoms with Gasteiger partial charge in [-0.25, -0.2) is 0 Å². The van der Waals surface area contributed by atoms with Gasteiger partial charge in [-0.3, -0.25) is 4.99 Å². The van der Waals surface area contributed by atoms with Gasteiger partial charge in [0.05, 0.1) is 0 Å². The summed E-state index contributed by atoms with van der Waals surface area (Å²) >= 11 is 0. The molecule has 0 fully saturated rings. The van der Waals surface area contributed by atoms with Crippen LogP contribution in [0.4, 0.5) is 0 Å². The first-order valence-electron chi connectivity index (χ1n) is 4.71. The molecule has 0 aliphatic heterocycles. The van der Waals surface area contributed by atoms with Crippen molar-refractivity contribution in [1.82, 2.24) is 0 Å². The van der Waals surface area contributed by atoms with Gasteiger partial charge in [0.1, 0.15) is 0 Å². The minimum atomic E-state index is 1.13. The number of rotatable bonds is 2. The smallest absolute Gasteiger partial charge is 0.0431 e.